The van der Waals surface area contributed by atoms with Crippen LogP contribution in [0.5, 0.6) is 0 Å². The van der Waals surface area contributed by atoms with Crippen molar-refractivity contribution in [2.75, 3.05) is 32.9 Å². The molecular weight excluding hydrogens is 399 g/mol. The minimum atomic E-state index is -0.623. The molecule has 0 bridgehead atoms. The number of hydrogen-bond donors (Lipinski definition) is 3. The van der Waals surface area contributed by atoms with Gasteiger partial charge in [-0.05, 0) is 37.5 Å². The van der Waals surface area contributed by atoms with Crippen molar-refractivity contribution in [2.24, 2.45) is 0 Å². The fourth-order valence-electron chi connectivity index (χ4n) is 3.40. The molecule has 7 nitrogen and oxygen atoms in total. The Hall–Kier alpha value is -2.63. The van der Waals surface area contributed by atoms with Crippen molar-refractivity contribution in [1.82, 2.24) is 16.0 Å². The second kappa shape index (κ2) is 14.4. The second-order valence-corrected chi connectivity index (χ2v) is 7.40. The average Bonchev–Trinajstić information content (AvgIpc) is 2.78. The highest BCUT2D eigenvalue weighted by Crippen LogP contribution is 2.18. The normalized spacial score (nSPS) is 15.0. The van der Waals surface area contributed by atoms with Crippen LogP contribution in [0.25, 0.3) is 0 Å². The van der Waals surface area contributed by atoms with Gasteiger partial charge in [0.1, 0.15) is 17.7 Å². The third kappa shape index (κ3) is 9.37. The molecule has 1 aliphatic rings. The van der Waals surface area contributed by atoms with Crippen molar-refractivity contribution in [2.45, 2.75) is 51.6 Å². The minimum absolute atomic E-state index is 0.0339. The van der Waals surface area contributed by atoms with Gasteiger partial charge in [-0.1, -0.05) is 31.4 Å². The summed E-state index contributed by atoms with van der Waals surface area (Å²) < 4.78 is 23.5. The number of benzene rings is 1. The number of carbonyl (C=O) groups is 1. The molecule has 0 aliphatic heterocycles. The van der Waals surface area contributed by atoms with E-state index < -0.39 is 5.97 Å². The number of nitrogens with zero attached hydrogens (tertiary/aromatic N) is 1. The Morgan fingerprint density at radius 3 is 2.55 bits per heavy atom. The van der Waals surface area contributed by atoms with Crippen molar-refractivity contribution in [3.05, 3.63) is 47.0 Å². The number of esters is 1. The molecule has 0 aromatic heterocycles. The Labute approximate surface area is 184 Å². The lowest BCUT2D eigenvalue weighted by molar-refractivity contribution is -0.138. The van der Waals surface area contributed by atoms with Crippen molar-refractivity contribution < 1.29 is 18.7 Å². The SMILES string of the molecule is CCOC(=O)/C(C#N)=C(\NCCOCCNCc1ccc(F)cc1)NC1CCCCC1. The fraction of sp³-hybridized carbons (Fsp3) is 0.565. The van der Waals surface area contributed by atoms with Gasteiger partial charge < -0.3 is 25.4 Å². The van der Waals surface area contributed by atoms with Crippen LogP contribution in [0.4, 0.5) is 4.39 Å². The summed E-state index contributed by atoms with van der Waals surface area (Å²) in [5.74, 6) is -0.443. The van der Waals surface area contributed by atoms with Crippen LogP contribution in [-0.4, -0.2) is 44.9 Å². The van der Waals surface area contributed by atoms with Crippen LogP contribution in [0.3, 0.4) is 0 Å². The standard InChI is InChI=1S/C23H33FN4O3/c1-2-31-23(29)21(16-25)22(28-20-6-4-3-5-7-20)27-13-15-30-14-12-26-17-18-8-10-19(24)11-9-18/h8-11,20,26-28H,2-7,12-15,17H2,1H3/b22-21+. The van der Waals surface area contributed by atoms with Gasteiger partial charge in [-0.25, -0.2) is 9.18 Å². The lowest BCUT2D eigenvalue weighted by Crippen LogP contribution is -2.39. The van der Waals surface area contributed by atoms with Crippen molar-refractivity contribution >= 4 is 5.97 Å². The largest absolute Gasteiger partial charge is 0.462 e. The molecule has 0 saturated heterocycles. The molecule has 1 aliphatic carbocycles. The first-order valence-corrected chi connectivity index (χ1v) is 11.0. The number of nitrogens with one attached hydrogen (secondary N) is 3. The van der Waals surface area contributed by atoms with E-state index in [0.29, 0.717) is 38.7 Å². The number of hydrogen-bond acceptors (Lipinski definition) is 7. The third-order valence-electron chi connectivity index (χ3n) is 5.01. The third-order valence-corrected chi connectivity index (χ3v) is 5.01. The highest BCUT2D eigenvalue weighted by Gasteiger charge is 2.21. The maximum absolute atomic E-state index is 12.9. The number of halogens is 1. The lowest BCUT2D eigenvalue weighted by Gasteiger charge is -2.26. The summed E-state index contributed by atoms with van der Waals surface area (Å²) in [7, 11) is 0. The Kier molecular flexibility index (Phi) is 11.4. The molecule has 0 amide bonds. The van der Waals surface area contributed by atoms with Gasteiger partial charge in [0.2, 0.25) is 0 Å². The molecule has 3 N–H and O–H groups in total. The topological polar surface area (TPSA) is 95.4 Å². The maximum atomic E-state index is 12.9. The Morgan fingerprint density at radius 1 is 1.16 bits per heavy atom. The minimum Gasteiger partial charge on any atom is -0.462 e. The molecule has 1 aromatic rings. The first-order valence-electron chi connectivity index (χ1n) is 11.0. The fourth-order valence-corrected chi connectivity index (χ4v) is 3.40. The molecule has 0 heterocycles. The monoisotopic (exact) mass is 432 g/mol. The van der Waals surface area contributed by atoms with Gasteiger partial charge in [-0.15, -0.1) is 0 Å². The first-order chi connectivity index (χ1) is 15.1. The van der Waals surface area contributed by atoms with E-state index in [9.17, 15) is 14.4 Å². The smallest absolute Gasteiger partial charge is 0.352 e. The molecule has 1 aromatic carbocycles. The highest BCUT2D eigenvalue weighted by molar-refractivity contribution is 5.93. The summed E-state index contributed by atoms with van der Waals surface area (Å²) in [6, 6.07) is 8.59. The van der Waals surface area contributed by atoms with Gasteiger partial charge in [-0.3, -0.25) is 0 Å². The molecule has 0 unspecified atom stereocenters. The highest BCUT2D eigenvalue weighted by atomic mass is 19.1. The molecule has 0 atom stereocenters. The summed E-state index contributed by atoms with van der Waals surface area (Å²) in [5, 5.41) is 19.2. The molecule has 1 fully saturated rings. The van der Waals surface area contributed by atoms with Crippen LogP contribution in [0.2, 0.25) is 0 Å². The Balaban J connectivity index is 1.74. The van der Waals surface area contributed by atoms with Gasteiger partial charge in [-0.2, -0.15) is 5.26 Å². The molecule has 0 radical (unpaired) electrons. The summed E-state index contributed by atoms with van der Waals surface area (Å²) in [6.07, 6.45) is 5.53. The molecule has 31 heavy (non-hydrogen) atoms. The van der Waals surface area contributed by atoms with E-state index in [2.05, 4.69) is 16.0 Å². The summed E-state index contributed by atoms with van der Waals surface area (Å²) in [4.78, 5) is 12.2. The number of rotatable bonds is 13. The summed E-state index contributed by atoms with van der Waals surface area (Å²) >= 11 is 0. The predicted octanol–water partition coefficient (Wildman–Crippen LogP) is 2.74. The van der Waals surface area contributed by atoms with Gasteiger partial charge in [0.05, 0.1) is 19.8 Å². The molecule has 0 spiro atoms. The van der Waals surface area contributed by atoms with E-state index in [1.807, 2.05) is 6.07 Å². The van der Waals surface area contributed by atoms with Gasteiger partial charge >= 0.3 is 5.97 Å². The quantitative estimate of drug-likeness (QED) is 0.191. The van der Waals surface area contributed by atoms with Crippen LogP contribution < -0.4 is 16.0 Å². The maximum Gasteiger partial charge on any atom is 0.352 e. The number of nitriles is 1. The number of carbonyl (C=O) groups excluding carboxylic acids is 1. The van der Waals surface area contributed by atoms with Gasteiger partial charge in [0, 0.05) is 25.7 Å². The summed E-state index contributed by atoms with van der Waals surface area (Å²) in [6.45, 7) is 4.63. The van der Waals surface area contributed by atoms with E-state index in [-0.39, 0.29) is 24.0 Å². The van der Waals surface area contributed by atoms with Crippen LogP contribution in [0.15, 0.2) is 35.7 Å². The van der Waals surface area contributed by atoms with Crippen molar-refractivity contribution in [3.8, 4) is 6.07 Å². The zero-order chi connectivity index (χ0) is 22.3. The van der Waals surface area contributed by atoms with Crippen LogP contribution >= 0.6 is 0 Å². The van der Waals surface area contributed by atoms with Crippen LogP contribution in [-0.2, 0) is 20.8 Å². The first kappa shape index (κ1) is 24.6. The van der Waals surface area contributed by atoms with Gasteiger partial charge in [0.25, 0.3) is 0 Å². The van der Waals surface area contributed by atoms with Crippen molar-refractivity contribution in [1.29, 1.82) is 5.26 Å². The zero-order valence-electron chi connectivity index (χ0n) is 18.2. The molecular formula is C23H33FN4O3. The summed E-state index contributed by atoms with van der Waals surface area (Å²) in [5.41, 5.74) is 0.975. The van der Waals surface area contributed by atoms with E-state index in [0.717, 1.165) is 31.2 Å². The van der Waals surface area contributed by atoms with E-state index in [1.54, 1.807) is 19.1 Å². The Morgan fingerprint density at radius 2 is 1.87 bits per heavy atom. The molecule has 8 heteroatoms. The zero-order valence-corrected chi connectivity index (χ0v) is 18.2. The Bertz CT molecular complexity index is 740. The average molecular weight is 433 g/mol. The van der Waals surface area contributed by atoms with E-state index >= 15 is 0 Å². The number of ether oxygens (including phenoxy) is 2. The van der Waals surface area contributed by atoms with E-state index in [4.69, 9.17) is 9.47 Å². The molecule has 1 saturated carbocycles. The van der Waals surface area contributed by atoms with E-state index in [1.165, 1.54) is 18.6 Å². The lowest BCUT2D eigenvalue weighted by atomic mass is 9.95. The van der Waals surface area contributed by atoms with Gasteiger partial charge in [0.15, 0.2) is 5.57 Å². The van der Waals surface area contributed by atoms with Crippen molar-refractivity contribution in [3.63, 3.8) is 0 Å². The molecule has 2 rings (SSSR count). The second-order valence-electron chi connectivity index (χ2n) is 7.40. The predicted molar refractivity (Wildman–Crippen MR) is 116 cm³/mol. The van der Waals surface area contributed by atoms with Crippen LogP contribution in [0.1, 0.15) is 44.6 Å². The van der Waals surface area contributed by atoms with Crippen LogP contribution in [0, 0.1) is 17.1 Å². The molecule has 170 valence electrons.